The summed E-state index contributed by atoms with van der Waals surface area (Å²) in [6.45, 7) is 18.3. The standard InChI is InChI=1S/C21H44O7/c1-15(2)28-21(8)14-27-20(7)13-26-19(6)12-25-18(5)11-24-17(4)10-23-16(3)9-22/h15-22H,9-14H2,1-8H3. The molecule has 0 spiro atoms. The molecule has 0 aliphatic heterocycles. The Balaban J connectivity index is 3.77. The highest BCUT2D eigenvalue weighted by atomic mass is 16.6. The van der Waals surface area contributed by atoms with E-state index in [1.165, 1.54) is 0 Å². The van der Waals surface area contributed by atoms with Gasteiger partial charge in [-0.15, -0.1) is 0 Å². The highest BCUT2D eigenvalue weighted by Crippen LogP contribution is 2.04. The fraction of sp³-hybridized carbons (Fsp3) is 1.00. The van der Waals surface area contributed by atoms with Crippen molar-refractivity contribution in [3.8, 4) is 0 Å². The summed E-state index contributed by atoms with van der Waals surface area (Å²) in [5.41, 5.74) is 0. The highest BCUT2D eigenvalue weighted by molar-refractivity contribution is 4.58. The van der Waals surface area contributed by atoms with E-state index in [1.807, 2.05) is 55.4 Å². The van der Waals surface area contributed by atoms with Crippen LogP contribution in [0.1, 0.15) is 55.4 Å². The zero-order chi connectivity index (χ0) is 21.5. The first-order valence-corrected chi connectivity index (χ1v) is 10.5. The minimum absolute atomic E-state index is 0.00332. The molecule has 0 rings (SSSR count). The molecule has 7 nitrogen and oxygen atoms in total. The summed E-state index contributed by atoms with van der Waals surface area (Å²) in [4.78, 5) is 0. The van der Waals surface area contributed by atoms with Crippen LogP contribution in [0.15, 0.2) is 0 Å². The molecule has 6 atom stereocenters. The van der Waals surface area contributed by atoms with Crippen LogP contribution in [0.5, 0.6) is 0 Å². The number of ether oxygens (including phenoxy) is 6. The summed E-state index contributed by atoms with van der Waals surface area (Å²) in [5.74, 6) is 0. The van der Waals surface area contributed by atoms with E-state index < -0.39 is 0 Å². The zero-order valence-corrected chi connectivity index (χ0v) is 19.2. The van der Waals surface area contributed by atoms with Gasteiger partial charge in [-0.1, -0.05) is 0 Å². The highest BCUT2D eigenvalue weighted by Gasteiger charge is 2.13. The second-order valence-electron chi connectivity index (χ2n) is 7.90. The van der Waals surface area contributed by atoms with Gasteiger partial charge in [-0.3, -0.25) is 0 Å². The van der Waals surface area contributed by atoms with Gasteiger partial charge in [0.1, 0.15) is 0 Å². The van der Waals surface area contributed by atoms with Crippen molar-refractivity contribution in [2.24, 2.45) is 0 Å². The molecular formula is C21H44O7. The van der Waals surface area contributed by atoms with E-state index in [-0.39, 0.29) is 49.3 Å². The molecule has 0 aliphatic carbocycles. The van der Waals surface area contributed by atoms with Crippen molar-refractivity contribution in [3.63, 3.8) is 0 Å². The van der Waals surface area contributed by atoms with Gasteiger partial charge in [-0.05, 0) is 55.4 Å². The van der Waals surface area contributed by atoms with Gasteiger partial charge < -0.3 is 33.5 Å². The molecule has 6 unspecified atom stereocenters. The minimum Gasteiger partial charge on any atom is -0.394 e. The van der Waals surface area contributed by atoms with Gasteiger partial charge in [0, 0.05) is 0 Å². The summed E-state index contributed by atoms with van der Waals surface area (Å²) in [7, 11) is 0. The van der Waals surface area contributed by atoms with E-state index in [2.05, 4.69) is 0 Å². The van der Waals surface area contributed by atoms with Gasteiger partial charge in [0.2, 0.25) is 0 Å². The molecule has 0 fully saturated rings. The second kappa shape index (κ2) is 16.5. The van der Waals surface area contributed by atoms with Crippen molar-refractivity contribution in [2.75, 3.05) is 39.6 Å². The lowest BCUT2D eigenvalue weighted by Crippen LogP contribution is -2.30. The van der Waals surface area contributed by atoms with Crippen molar-refractivity contribution < 1.29 is 33.5 Å². The first kappa shape index (κ1) is 27.7. The van der Waals surface area contributed by atoms with E-state index in [1.54, 1.807) is 0 Å². The van der Waals surface area contributed by atoms with Crippen LogP contribution in [-0.4, -0.2) is 87.5 Å². The lowest BCUT2D eigenvalue weighted by molar-refractivity contribution is -0.105. The van der Waals surface area contributed by atoms with Gasteiger partial charge in [0.25, 0.3) is 0 Å². The average molecular weight is 409 g/mol. The lowest BCUT2D eigenvalue weighted by Gasteiger charge is -2.22. The average Bonchev–Trinajstić information content (AvgIpc) is 2.64. The van der Waals surface area contributed by atoms with Gasteiger partial charge in [-0.25, -0.2) is 0 Å². The largest absolute Gasteiger partial charge is 0.394 e. The smallest absolute Gasteiger partial charge is 0.0784 e. The summed E-state index contributed by atoms with van der Waals surface area (Å²) in [5, 5.41) is 8.94. The van der Waals surface area contributed by atoms with Crippen LogP contribution in [-0.2, 0) is 28.4 Å². The molecule has 0 saturated heterocycles. The number of aliphatic hydroxyl groups excluding tert-OH is 1. The molecule has 28 heavy (non-hydrogen) atoms. The Morgan fingerprint density at radius 2 is 0.750 bits per heavy atom. The van der Waals surface area contributed by atoms with E-state index in [4.69, 9.17) is 33.5 Å². The van der Waals surface area contributed by atoms with Crippen molar-refractivity contribution in [1.29, 1.82) is 0 Å². The number of rotatable bonds is 18. The molecular weight excluding hydrogens is 364 g/mol. The molecule has 0 aromatic carbocycles. The molecule has 170 valence electrons. The third-order valence-corrected chi connectivity index (χ3v) is 3.84. The fourth-order valence-electron chi connectivity index (χ4n) is 2.25. The Kier molecular flexibility index (Phi) is 16.3. The van der Waals surface area contributed by atoms with Gasteiger partial charge in [-0.2, -0.15) is 0 Å². The molecule has 0 saturated carbocycles. The third kappa shape index (κ3) is 16.7. The lowest BCUT2D eigenvalue weighted by atomic mass is 10.3. The fourth-order valence-corrected chi connectivity index (χ4v) is 2.25. The first-order valence-electron chi connectivity index (χ1n) is 10.5. The third-order valence-electron chi connectivity index (χ3n) is 3.84. The van der Waals surface area contributed by atoms with Crippen LogP contribution in [0.3, 0.4) is 0 Å². The number of hydrogen-bond acceptors (Lipinski definition) is 7. The molecule has 0 aliphatic rings. The van der Waals surface area contributed by atoms with Gasteiger partial charge >= 0.3 is 0 Å². The minimum atomic E-state index is -0.171. The predicted molar refractivity (Wildman–Crippen MR) is 110 cm³/mol. The number of aliphatic hydroxyl groups is 1. The summed E-state index contributed by atoms with van der Waals surface area (Å²) < 4.78 is 34.1. The van der Waals surface area contributed by atoms with Crippen molar-refractivity contribution in [2.45, 2.75) is 98.1 Å². The van der Waals surface area contributed by atoms with Crippen LogP contribution >= 0.6 is 0 Å². The molecule has 0 amide bonds. The normalized spacial score (nSPS) is 18.6. The maximum absolute atomic E-state index is 8.94. The summed E-state index contributed by atoms with van der Waals surface area (Å²) in [6.07, 6.45) is -0.000476. The van der Waals surface area contributed by atoms with E-state index in [0.29, 0.717) is 33.0 Å². The van der Waals surface area contributed by atoms with Crippen LogP contribution in [0.25, 0.3) is 0 Å². The van der Waals surface area contributed by atoms with E-state index in [9.17, 15) is 0 Å². The van der Waals surface area contributed by atoms with Gasteiger partial charge in [0.05, 0.1) is 82.4 Å². The second-order valence-corrected chi connectivity index (χ2v) is 7.90. The molecule has 0 heterocycles. The van der Waals surface area contributed by atoms with Crippen LogP contribution < -0.4 is 0 Å². The van der Waals surface area contributed by atoms with Crippen LogP contribution in [0, 0.1) is 0 Å². The zero-order valence-electron chi connectivity index (χ0n) is 19.2. The predicted octanol–water partition coefficient (Wildman–Crippen LogP) is 2.82. The van der Waals surface area contributed by atoms with Crippen molar-refractivity contribution in [1.82, 2.24) is 0 Å². The Bertz CT molecular complexity index is 354. The summed E-state index contributed by atoms with van der Waals surface area (Å²) >= 11 is 0. The Morgan fingerprint density at radius 3 is 1.04 bits per heavy atom. The molecule has 1 N–H and O–H groups in total. The molecule has 0 aromatic rings. The quantitative estimate of drug-likeness (QED) is 0.374. The SMILES string of the molecule is CC(C)OC(C)COC(C)COC(C)COC(C)COC(C)COC(C)CO. The molecule has 0 radical (unpaired) electrons. The monoisotopic (exact) mass is 408 g/mol. The Morgan fingerprint density at radius 1 is 0.464 bits per heavy atom. The van der Waals surface area contributed by atoms with Crippen molar-refractivity contribution in [3.05, 3.63) is 0 Å². The van der Waals surface area contributed by atoms with Crippen LogP contribution in [0.4, 0.5) is 0 Å². The Labute approximate surface area is 172 Å². The molecule has 0 bridgehead atoms. The summed E-state index contributed by atoms with van der Waals surface area (Å²) in [6, 6.07) is 0. The van der Waals surface area contributed by atoms with Crippen molar-refractivity contribution >= 4 is 0 Å². The molecule has 7 heteroatoms. The van der Waals surface area contributed by atoms with E-state index in [0.717, 1.165) is 0 Å². The topological polar surface area (TPSA) is 75.6 Å². The number of hydrogen-bond donors (Lipinski definition) is 1. The Hall–Kier alpha value is -0.280. The molecule has 0 aromatic heterocycles. The first-order chi connectivity index (χ1) is 13.1. The maximum Gasteiger partial charge on any atom is 0.0784 e. The van der Waals surface area contributed by atoms with Gasteiger partial charge in [0.15, 0.2) is 0 Å². The van der Waals surface area contributed by atoms with E-state index >= 15 is 0 Å². The van der Waals surface area contributed by atoms with Crippen LogP contribution in [0.2, 0.25) is 0 Å². The maximum atomic E-state index is 8.94.